The average Bonchev–Trinajstić information content (AvgIpc) is 2.42. The van der Waals surface area contributed by atoms with Crippen LogP contribution in [0.3, 0.4) is 0 Å². The molecule has 0 bridgehead atoms. The highest BCUT2D eigenvalue weighted by atomic mass is 32.2. The van der Waals surface area contributed by atoms with Gasteiger partial charge in [0.25, 0.3) is 0 Å². The van der Waals surface area contributed by atoms with Gasteiger partial charge in [-0.2, -0.15) is 0 Å². The molecule has 0 radical (unpaired) electrons. The van der Waals surface area contributed by atoms with Crippen LogP contribution in [0.1, 0.15) is 32.3 Å². The molecule has 4 N–H and O–H groups in total. The third kappa shape index (κ3) is 4.39. The Morgan fingerprint density at radius 1 is 1.33 bits per heavy atom. The van der Waals surface area contributed by atoms with Crippen LogP contribution in [-0.4, -0.2) is 26.2 Å². The fraction of sp³-hybridized carbons (Fsp3) is 0.571. The summed E-state index contributed by atoms with van der Waals surface area (Å²) in [4.78, 5) is -0.489. The van der Waals surface area contributed by atoms with Crippen molar-refractivity contribution in [2.24, 2.45) is 5.92 Å². The van der Waals surface area contributed by atoms with Crippen LogP contribution >= 0.6 is 0 Å². The second kappa shape index (κ2) is 7.20. The van der Waals surface area contributed by atoms with Gasteiger partial charge in [-0.05, 0) is 30.5 Å². The molecule has 0 fully saturated rings. The maximum Gasteiger partial charge on any atom is 0.243 e. The molecule has 1 rings (SSSR count). The van der Waals surface area contributed by atoms with E-state index in [2.05, 4.69) is 4.72 Å². The first kappa shape index (κ1) is 17.9. The third-order valence-corrected chi connectivity index (χ3v) is 5.03. The van der Waals surface area contributed by atoms with Crippen molar-refractivity contribution >= 4 is 15.7 Å². The topological polar surface area (TPSA) is 92.4 Å². The number of hydrogen-bond acceptors (Lipinski definition) is 4. The lowest BCUT2D eigenvalue weighted by Gasteiger charge is -2.20. The lowest BCUT2D eigenvalue weighted by molar-refractivity contribution is 0.107. The van der Waals surface area contributed by atoms with Crippen molar-refractivity contribution in [3.05, 3.63) is 23.5 Å². The molecule has 21 heavy (non-hydrogen) atoms. The van der Waals surface area contributed by atoms with E-state index in [-0.39, 0.29) is 23.7 Å². The number of hydrogen-bond donors (Lipinski definition) is 3. The average molecular weight is 318 g/mol. The van der Waals surface area contributed by atoms with E-state index < -0.39 is 26.8 Å². The molecule has 0 aliphatic heterocycles. The number of rotatable bonds is 7. The van der Waals surface area contributed by atoms with Crippen molar-refractivity contribution in [2.75, 3.05) is 12.3 Å². The van der Waals surface area contributed by atoms with E-state index in [0.717, 1.165) is 18.9 Å². The molecular formula is C14H23FN2O3S. The molecule has 0 aromatic heterocycles. The number of nitrogen functional groups attached to an aromatic ring is 1. The molecular weight excluding hydrogens is 295 g/mol. The highest BCUT2D eigenvalue weighted by molar-refractivity contribution is 7.89. The minimum Gasteiger partial charge on any atom is -0.399 e. The maximum absolute atomic E-state index is 14.0. The largest absolute Gasteiger partial charge is 0.399 e. The molecule has 1 aromatic rings. The van der Waals surface area contributed by atoms with Crippen LogP contribution in [-0.2, 0) is 10.0 Å². The molecule has 0 heterocycles. The Hall–Kier alpha value is -1.18. The summed E-state index contributed by atoms with van der Waals surface area (Å²) in [7, 11) is -4.05. The summed E-state index contributed by atoms with van der Waals surface area (Å²) in [5.74, 6) is -0.825. The van der Waals surface area contributed by atoms with Crippen molar-refractivity contribution in [3.8, 4) is 0 Å². The summed E-state index contributed by atoms with van der Waals surface area (Å²) in [5, 5.41) is 9.95. The van der Waals surface area contributed by atoms with E-state index in [1.807, 2.05) is 13.8 Å². The van der Waals surface area contributed by atoms with Crippen LogP contribution in [0, 0.1) is 18.7 Å². The van der Waals surface area contributed by atoms with Gasteiger partial charge in [-0.25, -0.2) is 17.5 Å². The molecule has 0 aliphatic carbocycles. The molecule has 120 valence electrons. The predicted octanol–water partition coefficient (Wildman–Crippen LogP) is 1.79. The standard InChI is InChI=1S/C14H23FN2O3S/c1-4-10(5-2)12(18)8-17-21(19,20)13-7-11(16)6-9(3)14(13)15/h6-7,10,12,17-18H,4-5,8,16H2,1-3H3. The number of aryl methyl sites for hydroxylation is 1. The molecule has 7 heteroatoms. The lowest BCUT2D eigenvalue weighted by Crippen LogP contribution is -2.36. The van der Waals surface area contributed by atoms with Gasteiger partial charge in [0, 0.05) is 12.2 Å². The number of aliphatic hydroxyl groups is 1. The fourth-order valence-corrected chi connectivity index (χ4v) is 3.47. The molecule has 1 aromatic carbocycles. The predicted molar refractivity (Wildman–Crippen MR) is 80.8 cm³/mol. The Balaban J connectivity index is 2.93. The Kier molecular flexibility index (Phi) is 6.12. The Morgan fingerprint density at radius 2 is 1.90 bits per heavy atom. The first-order chi connectivity index (χ1) is 9.72. The zero-order valence-corrected chi connectivity index (χ0v) is 13.4. The van der Waals surface area contributed by atoms with E-state index in [1.54, 1.807) is 0 Å². The minimum atomic E-state index is -4.05. The molecule has 0 spiro atoms. The molecule has 5 nitrogen and oxygen atoms in total. The quantitative estimate of drug-likeness (QED) is 0.668. The summed E-state index contributed by atoms with van der Waals surface area (Å²) in [6.45, 7) is 5.14. The summed E-state index contributed by atoms with van der Waals surface area (Å²) in [5.41, 5.74) is 5.90. The molecule has 0 saturated carbocycles. The molecule has 0 aliphatic rings. The smallest absolute Gasteiger partial charge is 0.243 e. The maximum atomic E-state index is 14.0. The van der Waals surface area contributed by atoms with Crippen molar-refractivity contribution in [2.45, 2.75) is 44.6 Å². The summed E-state index contributed by atoms with van der Waals surface area (Å²) in [6, 6.07) is 2.45. The summed E-state index contributed by atoms with van der Waals surface area (Å²) >= 11 is 0. The van der Waals surface area contributed by atoms with Gasteiger partial charge in [0.05, 0.1) is 6.10 Å². The van der Waals surface area contributed by atoms with Crippen LogP contribution in [0.2, 0.25) is 0 Å². The number of sulfonamides is 1. The molecule has 0 amide bonds. The first-order valence-electron chi connectivity index (χ1n) is 6.96. The van der Waals surface area contributed by atoms with E-state index in [9.17, 15) is 17.9 Å². The summed E-state index contributed by atoms with van der Waals surface area (Å²) in [6.07, 6.45) is 0.677. The van der Waals surface area contributed by atoms with E-state index >= 15 is 0 Å². The number of halogens is 1. The van der Waals surface area contributed by atoms with E-state index in [4.69, 9.17) is 5.73 Å². The monoisotopic (exact) mass is 318 g/mol. The zero-order chi connectivity index (χ0) is 16.2. The fourth-order valence-electron chi connectivity index (χ4n) is 2.23. The van der Waals surface area contributed by atoms with Crippen LogP contribution < -0.4 is 10.5 Å². The van der Waals surface area contributed by atoms with Gasteiger partial charge in [-0.3, -0.25) is 0 Å². The number of nitrogens with two attached hydrogens (primary N) is 1. The van der Waals surface area contributed by atoms with E-state index in [0.29, 0.717) is 0 Å². The number of nitrogens with one attached hydrogen (secondary N) is 1. The Morgan fingerprint density at radius 3 is 2.43 bits per heavy atom. The van der Waals surface area contributed by atoms with Gasteiger partial charge in [0.15, 0.2) is 0 Å². The lowest BCUT2D eigenvalue weighted by atomic mass is 9.97. The van der Waals surface area contributed by atoms with Crippen molar-refractivity contribution in [3.63, 3.8) is 0 Å². The van der Waals surface area contributed by atoms with Crippen LogP contribution in [0.4, 0.5) is 10.1 Å². The van der Waals surface area contributed by atoms with Crippen LogP contribution in [0.15, 0.2) is 17.0 Å². The van der Waals surface area contributed by atoms with Crippen molar-refractivity contribution < 1.29 is 17.9 Å². The minimum absolute atomic E-state index is 0.000117. The van der Waals surface area contributed by atoms with Gasteiger partial charge in [-0.1, -0.05) is 26.7 Å². The van der Waals surface area contributed by atoms with Crippen LogP contribution in [0.5, 0.6) is 0 Å². The van der Waals surface area contributed by atoms with Gasteiger partial charge in [0.1, 0.15) is 10.7 Å². The number of aliphatic hydroxyl groups excluding tert-OH is 1. The van der Waals surface area contributed by atoms with Gasteiger partial charge in [-0.15, -0.1) is 0 Å². The normalized spacial score (nSPS) is 13.6. The van der Waals surface area contributed by atoms with Crippen LogP contribution in [0.25, 0.3) is 0 Å². The van der Waals surface area contributed by atoms with E-state index in [1.165, 1.54) is 13.0 Å². The molecule has 0 saturated heterocycles. The Labute approximate surface area is 125 Å². The number of anilines is 1. The third-order valence-electron chi connectivity index (χ3n) is 3.61. The van der Waals surface area contributed by atoms with Crippen molar-refractivity contribution in [1.82, 2.24) is 4.72 Å². The molecule has 1 unspecified atom stereocenters. The van der Waals surface area contributed by atoms with Crippen molar-refractivity contribution in [1.29, 1.82) is 0 Å². The second-order valence-electron chi connectivity index (χ2n) is 5.15. The number of benzene rings is 1. The first-order valence-corrected chi connectivity index (χ1v) is 8.44. The van der Waals surface area contributed by atoms with Gasteiger partial charge < -0.3 is 10.8 Å². The Bertz CT molecular complexity index is 586. The summed E-state index contributed by atoms with van der Waals surface area (Å²) < 4.78 is 40.5. The molecule has 1 atom stereocenters. The zero-order valence-electron chi connectivity index (χ0n) is 12.6. The highest BCUT2D eigenvalue weighted by Gasteiger charge is 2.23. The van der Waals surface area contributed by atoms with Gasteiger partial charge in [0.2, 0.25) is 10.0 Å². The second-order valence-corrected chi connectivity index (χ2v) is 6.88. The SMILES string of the molecule is CCC(CC)C(O)CNS(=O)(=O)c1cc(N)cc(C)c1F. The van der Waals surface area contributed by atoms with Gasteiger partial charge >= 0.3 is 0 Å². The highest BCUT2D eigenvalue weighted by Crippen LogP contribution is 2.21.